The molecule has 0 aliphatic rings. The Morgan fingerprint density at radius 1 is 1.50 bits per heavy atom. The van der Waals surface area contributed by atoms with E-state index in [4.69, 9.17) is 9.90 Å². The summed E-state index contributed by atoms with van der Waals surface area (Å²) in [6.45, 7) is -0.250. The van der Waals surface area contributed by atoms with Crippen molar-refractivity contribution in [2.75, 3.05) is 19.0 Å². The zero-order valence-electron chi connectivity index (χ0n) is 9.03. The number of aromatic nitrogens is 2. The molecule has 86 valence electrons. The third-order valence-corrected chi connectivity index (χ3v) is 1.91. The molecule has 2 heterocycles. The van der Waals surface area contributed by atoms with Gasteiger partial charge in [0.1, 0.15) is 5.82 Å². The van der Waals surface area contributed by atoms with E-state index in [1.165, 1.54) is 0 Å². The number of pyridine rings is 1. The van der Waals surface area contributed by atoms with Gasteiger partial charge in [-0.05, 0) is 12.1 Å². The van der Waals surface area contributed by atoms with Crippen molar-refractivity contribution in [1.29, 1.82) is 0 Å². The summed E-state index contributed by atoms with van der Waals surface area (Å²) in [5.41, 5.74) is 0.589. The van der Waals surface area contributed by atoms with E-state index >= 15 is 0 Å². The smallest absolute Gasteiger partial charge is 0.290 e. The van der Waals surface area contributed by atoms with Gasteiger partial charge in [-0.2, -0.15) is 0 Å². The van der Waals surface area contributed by atoms with Gasteiger partial charge in [-0.1, -0.05) is 0 Å². The minimum Gasteiger partial charge on any atom is -0.504 e. The van der Waals surface area contributed by atoms with E-state index in [2.05, 4.69) is 4.98 Å². The maximum atomic E-state index is 9.46. The highest BCUT2D eigenvalue weighted by Crippen LogP contribution is 2.19. The molecule has 2 N–H and O–H groups in total. The second kappa shape index (κ2) is 5.01. The third kappa shape index (κ3) is 2.41. The molecule has 0 unspecified atom stereocenters. The summed E-state index contributed by atoms with van der Waals surface area (Å²) >= 11 is 0. The molecule has 0 spiro atoms. The number of hydrogen-bond donors (Lipinski definition) is 2. The van der Waals surface area contributed by atoms with Gasteiger partial charge < -0.3 is 19.5 Å². The fourth-order valence-electron chi connectivity index (χ4n) is 1.20. The van der Waals surface area contributed by atoms with Crippen LogP contribution in [0.3, 0.4) is 0 Å². The van der Waals surface area contributed by atoms with Crippen LogP contribution >= 0.6 is 0 Å². The summed E-state index contributed by atoms with van der Waals surface area (Å²) in [4.78, 5) is 14.5. The van der Waals surface area contributed by atoms with E-state index in [1.807, 2.05) is 31.4 Å². The highest BCUT2D eigenvalue weighted by Gasteiger charge is 2.05. The van der Waals surface area contributed by atoms with Gasteiger partial charge in [0, 0.05) is 20.3 Å². The lowest BCUT2D eigenvalue weighted by molar-refractivity contribution is -0.122. The monoisotopic (exact) mass is 223 g/mol. The van der Waals surface area contributed by atoms with Crippen molar-refractivity contribution in [3.05, 3.63) is 24.5 Å². The normalized spacial score (nSPS) is 9.38. The van der Waals surface area contributed by atoms with Gasteiger partial charge in [0.2, 0.25) is 0 Å². The van der Waals surface area contributed by atoms with Gasteiger partial charge in [0.05, 0.1) is 6.20 Å². The Bertz CT molecular complexity index is 479. The molecule has 2 rings (SSSR count). The first kappa shape index (κ1) is 11.8. The molecule has 0 fully saturated rings. The predicted molar refractivity (Wildman–Crippen MR) is 59.9 cm³/mol. The van der Waals surface area contributed by atoms with Gasteiger partial charge in [-0.3, -0.25) is 4.79 Å². The first-order valence-electron chi connectivity index (χ1n) is 4.52. The van der Waals surface area contributed by atoms with Gasteiger partial charge in [-0.25, -0.2) is 4.98 Å². The molecule has 0 saturated heterocycles. The topological polar surface area (TPSA) is 78.1 Å². The number of aromatic hydroxyl groups is 1. The summed E-state index contributed by atoms with van der Waals surface area (Å²) in [6, 6.07) is 3.41. The number of carbonyl (C=O) groups is 1. The Morgan fingerprint density at radius 2 is 2.12 bits per heavy atom. The van der Waals surface area contributed by atoms with Crippen LogP contribution in [0.15, 0.2) is 24.5 Å². The number of rotatable bonds is 1. The number of fused-ring (bicyclic) bond motifs is 1. The minimum atomic E-state index is -0.250. The average molecular weight is 223 g/mol. The van der Waals surface area contributed by atoms with Crippen molar-refractivity contribution < 1.29 is 15.0 Å². The molecule has 2 aromatic rings. The Kier molecular flexibility index (Phi) is 3.71. The van der Waals surface area contributed by atoms with Crippen LogP contribution in [0.5, 0.6) is 5.75 Å². The molecule has 0 aliphatic carbocycles. The molecule has 0 bridgehead atoms. The highest BCUT2D eigenvalue weighted by atomic mass is 16.3. The van der Waals surface area contributed by atoms with Crippen molar-refractivity contribution in [3.63, 3.8) is 0 Å². The largest absolute Gasteiger partial charge is 0.504 e. The average Bonchev–Trinajstić information content (AvgIpc) is 2.64. The molecule has 2 aromatic heterocycles. The second-order valence-corrected chi connectivity index (χ2v) is 3.22. The Labute approximate surface area is 92.4 Å². The van der Waals surface area contributed by atoms with Crippen molar-refractivity contribution in [3.8, 4) is 5.75 Å². The fourth-order valence-corrected chi connectivity index (χ4v) is 1.20. The van der Waals surface area contributed by atoms with Crippen LogP contribution in [0, 0.1) is 0 Å². The summed E-state index contributed by atoms with van der Waals surface area (Å²) in [5.74, 6) is 1.04. The van der Waals surface area contributed by atoms with E-state index in [1.54, 1.807) is 16.5 Å². The maximum absolute atomic E-state index is 9.46. The lowest BCUT2D eigenvalue weighted by Gasteiger charge is -2.05. The van der Waals surface area contributed by atoms with Crippen LogP contribution in [-0.4, -0.2) is 40.2 Å². The molecule has 16 heavy (non-hydrogen) atoms. The standard InChI is InChI=1S/C9H11N3O.CH2O2/c1-11(2)8-6-12-5-3-4-7(13)9(12)10-8;2-1-3/h3-6,13H,1-2H3;1H,(H,2,3). The first-order chi connectivity index (χ1) is 7.60. The number of imidazole rings is 1. The molecular weight excluding hydrogens is 210 g/mol. The summed E-state index contributed by atoms with van der Waals surface area (Å²) < 4.78 is 1.80. The van der Waals surface area contributed by atoms with Gasteiger partial charge in [-0.15, -0.1) is 0 Å². The fraction of sp³-hybridized carbons (Fsp3) is 0.200. The van der Waals surface area contributed by atoms with Gasteiger partial charge in [0.25, 0.3) is 6.47 Å². The zero-order valence-corrected chi connectivity index (χ0v) is 9.03. The molecular formula is C10H13N3O3. The molecule has 0 amide bonds. The van der Waals surface area contributed by atoms with Crippen LogP contribution in [0.2, 0.25) is 0 Å². The van der Waals surface area contributed by atoms with Crippen LogP contribution in [-0.2, 0) is 4.79 Å². The third-order valence-electron chi connectivity index (χ3n) is 1.91. The molecule has 0 radical (unpaired) electrons. The lowest BCUT2D eigenvalue weighted by atomic mass is 10.4. The summed E-state index contributed by atoms with van der Waals surface area (Å²) in [5, 5.41) is 16.4. The summed E-state index contributed by atoms with van der Waals surface area (Å²) in [7, 11) is 3.83. The molecule has 0 saturated carbocycles. The Morgan fingerprint density at radius 3 is 2.62 bits per heavy atom. The van der Waals surface area contributed by atoms with Crippen molar-refractivity contribution in [2.45, 2.75) is 0 Å². The van der Waals surface area contributed by atoms with Crippen molar-refractivity contribution in [2.24, 2.45) is 0 Å². The molecule has 6 heteroatoms. The van der Waals surface area contributed by atoms with Crippen LogP contribution < -0.4 is 4.90 Å². The first-order valence-corrected chi connectivity index (χ1v) is 4.52. The van der Waals surface area contributed by atoms with Crippen molar-refractivity contribution in [1.82, 2.24) is 9.38 Å². The van der Waals surface area contributed by atoms with Crippen LogP contribution in [0.25, 0.3) is 5.65 Å². The van der Waals surface area contributed by atoms with E-state index in [0.717, 1.165) is 5.82 Å². The van der Waals surface area contributed by atoms with Crippen LogP contribution in [0.4, 0.5) is 5.82 Å². The van der Waals surface area contributed by atoms with Crippen LogP contribution in [0.1, 0.15) is 0 Å². The number of nitrogens with zero attached hydrogens (tertiary/aromatic N) is 3. The van der Waals surface area contributed by atoms with E-state index in [-0.39, 0.29) is 12.2 Å². The van der Waals surface area contributed by atoms with Gasteiger partial charge >= 0.3 is 0 Å². The lowest BCUT2D eigenvalue weighted by Crippen LogP contribution is -2.08. The summed E-state index contributed by atoms with van der Waals surface area (Å²) in [6.07, 6.45) is 3.73. The predicted octanol–water partition coefficient (Wildman–Crippen LogP) is 0.807. The quantitative estimate of drug-likeness (QED) is 0.699. The molecule has 6 nitrogen and oxygen atoms in total. The van der Waals surface area contributed by atoms with E-state index in [9.17, 15) is 5.11 Å². The Balaban J connectivity index is 0.000000386. The van der Waals surface area contributed by atoms with E-state index in [0.29, 0.717) is 5.65 Å². The maximum Gasteiger partial charge on any atom is 0.290 e. The highest BCUT2D eigenvalue weighted by molar-refractivity contribution is 5.58. The molecule has 0 aromatic carbocycles. The number of anilines is 1. The Hall–Kier alpha value is -2.24. The van der Waals surface area contributed by atoms with Crippen molar-refractivity contribution >= 4 is 17.9 Å². The molecule has 0 aliphatic heterocycles. The second-order valence-electron chi connectivity index (χ2n) is 3.22. The zero-order chi connectivity index (χ0) is 12.1. The minimum absolute atomic E-state index is 0.204. The van der Waals surface area contributed by atoms with E-state index < -0.39 is 0 Å². The molecule has 0 atom stereocenters. The SMILES string of the molecule is CN(C)c1cn2cccc(O)c2n1.O=CO. The van der Waals surface area contributed by atoms with Gasteiger partial charge in [0.15, 0.2) is 11.4 Å². The number of hydrogen-bond acceptors (Lipinski definition) is 4. The number of carboxylic acid groups (broad SMARTS) is 1.